The number of aliphatic hydroxyl groups excluding tert-OH is 1. The molecule has 2 atom stereocenters. The molecule has 0 saturated carbocycles. The standard InChI is InChI=1S/C12H26N2O2/c1-5-13-8-10(4)12(16)14-11(6-7-15)9(2)3/h9-11,13,15H,5-8H2,1-4H3,(H,14,16). The van der Waals surface area contributed by atoms with E-state index < -0.39 is 0 Å². The van der Waals surface area contributed by atoms with Gasteiger partial charge in [0.05, 0.1) is 0 Å². The predicted octanol–water partition coefficient (Wildman–Crippen LogP) is 0.755. The minimum absolute atomic E-state index is 0.0279. The van der Waals surface area contributed by atoms with E-state index in [1.807, 2.05) is 13.8 Å². The van der Waals surface area contributed by atoms with Crippen molar-refractivity contribution in [2.24, 2.45) is 11.8 Å². The van der Waals surface area contributed by atoms with Crippen molar-refractivity contribution in [3.8, 4) is 0 Å². The van der Waals surface area contributed by atoms with E-state index in [4.69, 9.17) is 5.11 Å². The number of aliphatic hydroxyl groups is 1. The van der Waals surface area contributed by atoms with Crippen LogP contribution in [0.2, 0.25) is 0 Å². The van der Waals surface area contributed by atoms with E-state index in [-0.39, 0.29) is 24.5 Å². The molecule has 0 aromatic heterocycles. The number of amides is 1. The predicted molar refractivity (Wildman–Crippen MR) is 66.2 cm³/mol. The number of hydrogen-bond donors (Lipinski definition) is 3. The quantitative estimate of drug-likeness (QED) is 0.577. The molecule has 0 bridgehead atoms. The molecule has 3 N–H and O–H groups in total. The zero-order valence-corrected chi connectivity index (χ0v) is 10.9. The molecule has 4 heteroatoms. The van der Waals surface area contributed by atoms with E-state index in [0.717, 1.165) is 6.54 Å². The van der Waals surface area contributed by atoms with Crippen LogP contribution in [0.1, 0.15) is 34.1 Å². The number of hydrogen-bond acceptors (Lipinski definition) is 3. The summed E-state index contributed by atoms with van der Waals surface area (Å²) < 4.78 is 0. The summed E-state index contributed by atoms with van der Waals surface area (Å²) in [6.45, 7) is 9.73. The maximum atomic E-state index is 11.8. The fourth-order valence-corrected chi connectivity index (χ4v) is 1.49. The van der Waals surface area contributed by atoms with Crippen LogP contribution in [0.15, 0.2) is 0 Å². The monoisotopic (exact) mass is 230 g/mol. The van der Waals surface area contributed by atoms with Gasteiger partial charge in [-0.3, -0.25) is 4.79 Å². The van der Waals surface area contributed by atoms with E-state index in [0.29, 0.717) is 18.9 Å². The van der Waals surface area contributed by atoms with Gasteiger partial charge in [0.2, 0.25) is 5.91 Å². The third-order valence-corrected chi connectivity index (χ3v) is 2.72. The summed E-state index contributed by atoms with van der Waals surface area (Å²) in [7, 11) is 0. The van der Waals surface area contributed by atoms with Crippen LogP contribution in [-0.4, -0.2) is 36.8 Å². The van der Waals surface area contributed by atoms with Crippen molar-refractivity contribution in [2.75, 3.05) is 19.7 Å². The zero-order chi connectivity index (χ0) is 12.6. The summed E-state index contributed by atoms with van der Waals surface area (Å²) in [6.07, 6.45) is 0.622. The van der Waals surface area contributed by atoms with Crippen LogP contribution in [0.25, 0.3) is 0 Å². The lowest BCUT2D eigenvalue weighted by Gasteiger charge is -2.23. The molecule has 0 saturated heterocycles. The van der Waals surface area contributed by atoms with Gasteiger partial charge < -0.3 is 15.7 Å². The van der Waals surface area contributed by atoms with E-state index >= 15 is 0 Å². The Balaban J connectivity index is 4.07. The van der Waals surface area contributed by atoms with Gasteiger partial charge >= 0.3 is 0 Å². The first kappa shape index (κ1) is 15.4. The highest BCUT2D eigenvalue weighted by Crippen LogP contribution is 2.06. The summed E-state index contributed by atoms with van der Waals surface area (Å²) in [5, 5.41) is 15.1. The molecular formula is C12H26N2O2. The molecule has 0 heterocycles. The van der Waals surface area contributed by atoms with Gasteiger partial charge in [-0.1, -0.05) is 27.7 Å². The zero-order valence-electron chi connectivity index (χ0n) is 10.9. The lowest BCUT2D eigenvalue weighted by atomic mass is 10.00. The summed E-state index contributed by atoms with van der Waals surface area (Å²) in [6, 6.07) is 0.0709. The smallest absolute Gasteiger partial charge is 0.224 e. The van der Waals surface area contributed by atoms with Gasteiger partial charge in [0, 0.05) is 25.1 Å². The highest BCUT2D eigenvalue weighted by Gasteiger charge is 2.19. The molecule has 0 aliphatic carbocycles. The number of carbonyl (C=O) groups excluding carboxylic acids is 1. The Kier molecular flexibility index (Phi) is 8.21. The Labute approximate surface area is 98.8 Å². The maximum Gasteiger partial charge on any atom is 0.224 e. The largest absolute Gasteiger partial charge is 0.396 e. The van der Waals surface area contributed by atoms with Gasteiger partial charge in [-0.25, -0.2) is 0 Å². The van der Waals surface area contributed by atoms with E-state index in [1.54, 1.807) is 0 Å². The van der Waals surface area contributed by atoms with E-state index in [2.05, 4.69) is 24.5 Å². The van der Waals surface area contributed by atoms with Crippen molar-refractivity contribution in [1.29, 1.82) is 0 Å². The lowest BCUT2D eigenvalue weighted by molar-refractivity contribution is -0.125. The topological polar surface area (TPSA) is 61.4 Å². The average Bonchev–Trinajstić information content (AvgIpc) is 2.24. The molecule has 96 valence electrons. The first-order valence-electron chi connectivity index (χ1n) is 6.14. The van der Waals surface area contributed by atoms with Crippen LogP contribution in [0, 0.1) is 11.8 Å². The highest BCUT2D eigenvalue weighted by molar-refractivity contribution is 5.78. The normalized spacial score (nSPS) is 14.9. The molecule has 0 rings (SSSR count). The second kappa shape index (κ2) is 8.53. The van der Waals surface area contributed by atoms with Crippen LogP contribution in [-0.2, 0) is 4.79 Å². The van der Waals surface area contributed by atoms with Crippen LogP contribution in [0.5, 0.6) is 0 Å². The van der Waals surface area contributed by atoms with Gasteiger partial charge in [-0.05, 0) is 18.9 Å². The highest BCUT2D eigenvalue weighted by atomic mass is 16.3. The Hall–Kier alpha value is -0.610. The van der Waals surface area contributed by atoms with Crippen molar-refractivity contribution in [3.63, 3.8) is 0 Å². The summed E-state index contributed by atoms with van der Waals surface area (Å²) in [4.78, 5) is 11.8. The van der Waals surface area contributed by atoms with Crippen molar-refractivity contribution in [1.82, 2.24) is 10.6 Å². The molecule has 2 unspecified atom stereocenters. The molecule has 0 spiro atoms. The molecule has 0 aliphatic heterocycles. The Morgan fingerprint density at radius 3 is 2.38 bits per heavy atom. The minimum atomic E-state index is -0.0279. The Bertz CT molecular complexity index is 195. The minimum Gasteiger partial charge on any atom is -0.396 e. The molecule has 0 aromatic rings. The van der Waals surface area contributed by atoms with Crippen molar-refractivity contribution >= 4 is 5.91 Å². The molecule has 4 nitrogen and oxygen atoms in total. The number of nitrogens with one attached hydrogen (secondary N) is 2. The van der Waals surface area contributed by atoms with Gasteiger partial charge in [0.15, 0.2) is 0 Å². The lowest BCUT2D eigenvalue weighted by Crippen LogP contribution is -2.43. The van der Waals surface area contributed by atoms with Crippen LogP contribution < -0.4 is 10.6 Å². The van der Waals surface area contributed by atoms with Gasteiger partial charge in [0.1, 0.15) is 0 Å². The second-order valence-electron chi connectivity index (χ2n) is 4.58. The van der Waals surface area contributed by atoms with Crippen LogP contribution >= 0.6 is 0 Å². The molecule has 1 amide bonds. The molecule has 0 aromatic carbocycles. The second-order valence-corrected chi connectivity index (χ2v) is 4.58. The molecule has 16 heavy (non-hydrogen) atoms. The summed E-state index contributed by atoms with van der Waals surface area (Å²) in [5.74, 6) is 0.385. The summed E-state index contributed by atoms with van der Waals surface area (Å²) >= 11 is 0. The van der Waals surface area contributed by atoms with Crippen LogP contribution in [0.4, 0.5) is 0 Å². The maximum absolute atomic E-state index is 11.8. The number of rotatable bonds is 8. The van der Waals surface area contributed by atoms with Crippen molar-refractivity contribution < 1.29 is 9.90 Å². The summed E-state index contributed by atoms with van der Waals surface area (Å²) in [5.41, 5.74) is 0. The third-order valence-electron chi connectivity index (χ3n) is 2.72. The SMILES string of the molecule is CCNCC(C)C(=O)NC(CCO)C(C)C. The van der Waals surface area contributed by atoms with Gasteiger partial charge in [-0.15, -0.1) is 0 Å². The van der Waals surface area contributed by atoms with E-state index in [9.17, 15) is 4.79 Å². The molecule has 0 aliphatic rings. The van der Waals surface area contributed by atoms with Crippen molar-refractivity contribution in [3.05, 3.63) is 0 Å². The number of carbonyl (C=O) groups is 1. The Morgan fingerprint density at radius 1 is 1.31 bits per heavy atom. The van der Waals surface area contributed by atoms with Gasteiger partial charge in [-0.2, -0.15) is 0 Å². The van der Waals surface area contributed by atoms with Gasteiger partial charge in [0.25, 0.3) is 0 Å². The Morgan fingerprint density at radius 2 is 1.94 bits per heavy atom. The van der Waals surface area contributed by atoms with Crippen LogP contribution in [0.3, 0.4) is 0 Å². The average molecular weight is 230 g/mol. The molecule has 0 fully saturated rings. The third kappa shape index (κ3) is 6.08. The fraction of sp³-hybridized carbons (Fsp3) is 0.917. The first-order valence-corrected chi connectivity index (χ1v) is 6.14. The van der Waals surface area contributed by atoms with E-state index in [1.165, 1.54) is 0 Å². The first-order chi connectivity index (χ1) is 7.52. The fourth-order valence-electron chi connectivity index (χ4n) is 1.49. The van der Waals surface area contributed by atoms with Crippen molar-refractivity contribution in [2.45, 2.75) is 40.2 Å². The molecular weight excluding hydrogens is 204 g/mol. The molecule has 0 radical (unpaired) electrons.